The Kier molecular flexibility index (Phi) is 7.75. The Bertz CT molecular complexity index is 1760. The molecule has 0 atom stereocenters. The number of rotatable bonds is 5. The number of pyridine rings is 2. The Morgan fingerprint density at radius 1 is 1.00 bits per heavy atom. The molecule has 0 radical (unpaired) electrons. The van der Waals surface area contributed by atoms with Gasteiger partial charge in [0.1, 0.15) is 17.1 Å². The van der Waals surface area contributed by atoms with E-state index in [0.717, 1.165) is 34.9 Å². The van der Waals surface area contributed by atoms with Gasteiger partial charge in [0.05, 0.1) is 36.5 Å². The minimum absolute atomic E-state index is 0. The van der Waals surface area contributed by atoms with Crippen molar-refractivity contribution in [3.63, 3.8) is 0 Å². The van der Waals surface area contributed by atoms with Crippen molar-refractivity contribution in [3.05, 3.63) is 83.4 Å². The zero-order chi connectivity index (χ0) is 29.0. The third-order valence-corrected chi connectivity index (χ3v) is 8.66. The molecule has 9 nitrogen and oxygen atoms in total. The van der Waals surface area contributed by atoms with Crippen molar-refractivity contribution in [1.82, 2.24) is 14.9 Å². The normalized spacial score (nSPS) is 17.1. The van der Waals surface area contributed by atoms with E-state index in [2.05, 4.69) is 9.97 Å². The summed E-state index contributed by atoms with van der Waals surface area (Å²) in [5, 5.41) is 12.9. The summed E-state index contributed by atoms with van der Waals surface area (Å²) < 4.78 is 12.1. The molecule has 0 bridgehead atoms. The number of Topliss-reactive ketones (excluding diaryl/α,β-unsaturated/α-hetero) is 1. The smallest absolute Gasteiger partial charge is 0.543 e. The van der Waals surface area contributed by atoms with Crippen LogP contribution in [0.4, 0.5) is 0 Å². The quantitative estimate of drug-likeness (QED) is 0.321. The number of amides is 1. The number of ketones is 1. The standard InChI is InChI=1S/C33H29N3O6.Na/c1-41-29-16-22(15-24-23(29)8-11-34-30(24)19-2-3-19)31(38)36-12-9-33(10-13-36)17-27(37)25-14-20(5-7-28(25)42-33)21-4-6-26(32(39)40)35-18-21;/h4-8,11,14-16,18-19H,2-3,9-10,12-13,17H2,1H3,(H,39,40);/q;+1/p-1. The number of ether oxygens (including phenoxy) is 2. The zero-order valence-electron chi connectivity index (χ0n) is 24.1. The van der Waals surface area contributed by atoms with Gasteiger partial charge in [-0.1, -0.05) is 12.1 Å². The largest absolute Gasteiger partial charge is 1.00 e. The molecule has 7 rings (SSSR count). The first-order chi connectivity index (χ1) is 20.3. The first-order valence-corrected chi connectivity index (χ1v) is 14.1. The fourth-order valence-corrected chi connectivity index (χ4v) is 6.18. The number of carbonyl (C=O) groups excluding carboxylic acids is 3. The molecule has 0 N–H and O–H groups in total. The van der Waals surface area contributed by atoms with E-state index in [1.165, 1.54) is 12.3 Å². The molecule has 4 aromatic rings. The molecular formula is C33H28N3NaO6. The number of aromatic nitrogens is 2. The number of carboxylic acid groups (broad SMARTS) is 1. The molecule has 10 heteroatoms. The van der Waals surface area contributed by atoms with Gasteiger partial charge in [-0.2, -0.15) is 0 Å². The predicted molar refractivity (Wildman–Crippen MR) is 152 cm³/mol. The van der Waals surface area contributed by atoms with Gasteiger partial charge < -0.3 is 24.3 Å². The van der Waals surface area contributed by atoms with Gasteiger partial charge >= 0.3 is 29.6 Å². The molecule has 1 saturated heterocycles. The van der Waals surface area contributed by atoms with E-state index in [1.807, 2.05) is 35.4 Å². The number of hydrogen-bond acceptors (Lipinski definition) is 8. The number of hydrogen-bond donors (Lipinski definition) is 0. The van der Waals surface area contributed by atoms with Crippen molar-refractivity contribution in [2.24, 2.45) is 0 Å². The number of carboxylic acids is 1. The summed E-state index contributed by atoms with van der Waals surface area (Å²) in [6, 6.07) is 14.1. The number of nitrogens with zero attached hydrogens (tertiary/aromatic N) is 3. The van der Waals surface area contributed by atoms with Crippen molar-refractivity contribution in [2.75, 3.05) is 20.2 Å². The number of benzene rings is 2. The van der Waals surface area contributed by atoms with Crippen LogP contribution in [0.3, 0.4) is 0 Å². The molecule has 2 fully saturated rings. The monoisotopic (exact) mass is 585 g/mol. The van der Waals surface area contributed by atoms with E-state index < -0.39 is 11.6 Å². The molecule has 3 aliphatic rings. The minimum Gasteiger partial charge on any atom is -0.543 e. The van der Waals surface area contributed by atoms with E-state index in [-0.39, 0.29) is 53.4 Å². The number of piperidine rings is 1. The minimum atomic E-state index is -1.34. The molecule has 1 aliphatic carbocycles. The summed E-state index contributed by atoms with van der Waals surface area (Å²) in [6.45, 7) is 0.942. The molecule has 1 amide bonds. The molecule has 2 aromatic heterocycles. The maximum absolute atomic E-state index is 13.7. The van der Waals surface area contributed by atoms with Gasteiger partial charge in [0, 0.05) is 66.1 Å². The van der Waals surface area contributed by atoms with Crippen LogP contribution in [0.5, 0.6) is 11.5 Å². The zero-order valence-corrected chi connectivity index (χ0v) is 26.1. The second-order valence-corrected chi connectivity index (χ2v) is 11.4. The van der Waals surface area contributed by atoms with E-state index in [9.17, 15) is 19.5 Å². The van der Waals surface area contributed by atoms with Crippen LogP contribution in [0.2, 0.25) is 0 Å². The second kappa shape index (κ2) is 11.4. The Labute approximate surface area is 270 Å². The number of aromatic carboxylic acids is 1. The third kappa shape index (κ3) is 5.41. The van der Waals surface area contributed by atoms with Crippen LogP contribution >= 0.6 is 0 Å². The number of methoxy groups -OCH3 is 1. The van der Waals surface area contributed by atoms with Crippen molar-refractivity contribution in [1.29, 1.82) is 0 Å². The molecule has 1 spiro atoms. The molecule has 2 aromatic carbocycles. The summed E-state index contributed by atoms with van der Waals surface area (Å²) in [6.07, 6.45) is 6.79. The van der Waals surface area contributed by atoms with Crippen molar-refractivity contribution in [3.8, 4) is 22.6 Å². The van der Waals surface area contributed by atoms with E-state index in [4.69, 9.17) is 9.47 Å². The van der Waals surface area contributed by atoms with Crippen LogP contribution in [-0.2, 0) is 0 Å². The van der Waals surface area contributed by atoms with Crippen LogP contribution in [0.15, 0.2) is 60.9 Å². The second-order valence-electron chi connectivity index (χ2n) is 11.4. The van der Waals surface area contributed by atoms with Gasteiger partial charge in [0.15, 0.2) is 5.78 Å². The molecule has 0 unspecified atom stereocenters. The van der Waals surface area contributed by atoms with Crippen LogP contribution in [-0.4, -0.2) is 58.3 Å². The van der Waals surface area contributed by atoms with Gasteiger partial charge in [-0.05, 0) is 54.8 Å². The predicted octanol–water partition coefficient (Wildman–Crippen LogP) is 1.19. The maximum atomic E-state index is 13.7. The summed E-state index contributed by atoms with van der Waals surface area (Å²) in [7, 11) is 1.62. The van der Waals surface area contributed by atoms with Crippen molar-refractivity contribution >= 4 is 28.4 Å². The fourth-order valence-electron chi connectivity index (χ4n) is 6.18. The average molecular weight is 586 g/mol. The van der Waals surface area contributed by atoms with E-state index >= 15 is 0 Å². The van der Waals surface area contributed by atoms with E-state index in [1.54, 1.807) is 25.3 Å². The van der Waals surface area contributed by atoms with Crippen LogP contribution in [0.25, 0.3) is 21.9 Å². The van der Waals surface area contributed by atoms with Crippen LogP contribution in [0, 0.1) is 0 Å². The Balaban J connectivity index is 0.00000329. The summed E-state index contributed by atoms with van der Waals surface area (Å²) >= 11 is 0. The topological polar surface area (TPSA) is 122 Å². The van der Waals surface area contributed by atoms with Gasteiger partial charge in [-0.25, -0.2) is 0 Å². The maximum Gasteiger partial charge on any atom is 1.00 e. The first-order valence-electron chi connectivity index (χ1n) is 14.1. The SMILES string of the molecule is COc1cc(C(=O)N2CCC3(CC2)CC(=O)c2cc(-c4ccc(C(=O)[O-])nc4)ccc2O3)cc2c(C3CC3)nccc12.[Na+]. The fraction of sp³-hybridized carbons (Fsp3) is 0.303. The third-order valence-electron chi connectivity index (χ3n) is 8.66. The summed E-state index contributed by atoms with van der Waals surface area (Å²) in [4.78, 5) is 48.4. The Morgan fingerprint density at radius 3 is 2.44 bits per heavy atom. The Morgan fingerprint density at radius 2 is 1.77 bits per heavy atom. The summed E-state index contributed by atoms with van der Waals surface area (Å²) in [5.41, 5.74) is 2.71. The van der Waals surface area contributed by atoms with Crippen LogP contribution < -0.4 is 44.1 Å². The molecule has 2 aliphatic heterocycles. The van der Waals surface area contributed by atoms with Crippen LogP contribution in [0.1, 0.15) is 74.9 Å². The first kappa shape index (κ1) is 29.3. The van der Waals surface area contributed by atoms with Gasteiger partial charge in [-0.15, -0.1) is 0 Å². The molecule has 4 heterocycles. The van der Waals surface area contributed by atoms with Gasteiger partial charge in [0.25, 0.3) is 5.91 Å². The van der Waals surface area contributed by atoms with E-state index in [0.29, 0.717) is 60.0 Å². The average Bonchev–Trinajstić information content (AvgIpc) is 3.86. The number of likely N-dealkylation sites (tertiary alicyclic amines) is 1. The molecular weight excluding hydrogens is 557 g/mol. The van der Waals surface area contributed by atoms with Crippen molar-refractivity contribution < 1.29 is 58.5 Å². The number of carbonyl (C=O) groups is 3. The molecule has 212 valence electrons. The Hall–Kier alpha value is -3.79. The van der Waals surface area contributed by atoms with Crippen molar-refractivity contribution in [2.45, 2.75) is 43.6 Å². The van der Waals surface area contributed by atoms with Gasteiger partial charge in [-0.3, -0.25) is 19.6 Å². The summed E-state index contributed by atoms with van der Waals surface area (Å²) in [5.74, 6) is 0.193. The number of fused-ring (bicyclic) bond motifs is 2. The molecule has 1 saturated carbocycles. The molecule has 43 heavy (non-hydrogen) atoms. The van der Waals surface area contributed by atoms with Gasteiger partial charge in [0.2, 0.25) is 0 Å².